The molecule has 0 radical (unpaired) electrons. The average Bonchev–Trinajstić information content (AvgIpc) is 2.16. The lowest BCUT2D eigenvalue weighted by atomic mass is 10.3. The molecule has 1 aromatic rings. The minimum atomic E-state index is -1.15. The second-order valence-corrected chi connectivity index (χ2v) is 2.69. The molecule has 16 heavy (non-hydrogen) atoms. The molecule has 0 amide bonds. The molecule has 0 fully saturated rings. The minimum Gasteiger partial charge on any atom is -0.414 e. The Morgan fingerprint density at radius 3 is 2.44 bits per heavy atom. The van der Waals surface area contributed by atoms with Gasteiger partial charge in [-0.25, -0.2) is 4.79 Å². The molecule has 8 nitrogen and oxygen atoms in total. The van der Waals surface area contributed by atoms with Crippen molar-refractivity contribution in [2.24, 2.45) is 0 Å². The van der Waals surface area contributed by atoms with E-state index in [2.05, 4.69) is 4.74 Å². The number of hydrogen-bond acceptors (Lipinski definition) is 6. The number of carbonyl (C=O) groups is 1. The van der Waals surface area contributed by atoms with E-state index < -0.39 is 28.0 Å². The van der Waals surface area contributed by atoms with E-state index in [1.54, 1.807) is 0 Å². The van der Waals surface area contributed by atoms with E-state index in [1.165, 1.54) is 18.2 Å². The van der Waals surface area contributed by atoms with Gasteiger partial charge in [0, 0.05) is 11.0 Å². The number of para-hydroxylation sites is 2. The van der Waals surface area contributed by atoms with Gasteiger partial charge >= 0.3 is 11.7 Å². The fraction of sp³-hybridized carbons (Fsp3) is 0.125. The third-order valence-corrected chi connectivity index (χ3v) is 1.54. The first kappa shape index (κ1) is 11.6. The van der Waals surface area contributed by atoms with E-state index in [-0.39, 0.29) is 5.75 Å². The molecule has 0 aliphatic rings. The summed E-state index contributed by atoms with van der Waals surface area (Å²) in [6, 6.07) is 5.13. The number of benzene rings is 1. The smallest absolute Gasteiger partial charge is 0.384 e. The van der Waals surface area contributed by atoms with Crippen LogP contribution in [0.4, 0.5) is 5.69 Å². The Bertz CT molecular complexity index is 444. The molecule has 0 aliphatic heterocycles. The van der Waals surface area contributed by atoms with Crippen molar-refractivity contribution in [3.63, 3.8) is 0 Å². The van der Waals surface area contributed by atoms with Crippen molar-refractivity contribution < 1.29 is 19.4 Å². The highest BCUT2D eigenvalue weighted by atomic mass is 16.6. The lowest BCUT2D eigenvalue weighted by Crippen LogP contribution is -2.19. The molecule has 1 aromatic carbocycles. The van der Waals surface area contributed by atoms with Crippen molar-refractivity contribution in [1.29, 1.82) is 0 Å². The van der Waals surface area contributed by atoms with Gasteiger partial charge in [0.1, 0.15) is 0 Å². The Hall–Kier alpha value is -2.51. The van der Waals surface area contributed by atoms with Crippen LogP contribution in [0.15, 0.2) is 24.3 Å². The van der Waals surface area contributed by atoms with Gasteiger partial charge in [0.05, 0.1) is 4.92 Å². The second kappa shape index (κ2) is 4.82. The second-order valence-electron chi connectivity index (χ2n) is 2.69. The first-order chi connectivity index (χ1) is 7.50. The van der Waals surface area contributed by atoms with E-state index >= 15 is 0 Å². The Morgan fingerprint density at radius 1 is 1.25 bits per heavy atom. The van der Waals surface area contributed by atoms with Crippen LogP contribution in [0, 0.1) is 20.2 Å². The highest BCUT2D eigenvalue weighted by Crippen LogP contribution is 2.25. The van der Waals surface area contributed by atoms with E-state index in [1.807, 2.05) is 0 Å². The Labute approximate surface area is 88.7 Å². The van der Waals surface area contributed by atoms with Crippen LogP contribution < -0.4 is 4.74 Å². The van der Waals surface area contributed by atoms with Crippen molar-refractivity contribution >= 4 is 11.7 Å². The van der Waals surface area contributed by atoms with Crippen LogP contribution >= 0.6 is 0 Å². The summed E-state index contributed by atoms with van der Waals surface area (Å²) >= 11 is 0. The topological polar surface area (TPSA) is 113 Å². The molecule has 0 bridgehead atoms. The average molecular weight is 226 g/mol. The van der Waals surface area contributed by atoms with Gasteiger partial charge in [0.25, 0.3) is 6.54 Å². The standard InChI is InChI=1S/C8H6N2O6/c11-8(5-9(12)13)16-7-4-2-1-3-6(7)10(14)15/h1-4H,5H2. The fourth-order valence-electron chi connectivity index (χ4n) is 0.955. The maximum absolute atomic E-state index is 10.9. The maximum Gasteiger partial charge on any atom is 0.384 e. The summed E-state index contributed by atoms with van der Waals surface area (Å²) in [7, 11) is 0. The minimum absolute atomic E-state index is 0.306. The third-order valence-electron chi connectivity index (χ3n) is 1.54. The zero-order chi connectivity index (χ0) is 12.1. The van der Waals surface area contributed by atoms with Crippen LogP contribution in [0.5, 0.6) is 5.75 Å². The maximum atomic E-state index is 10.9. The Morgan fingerprint density at radius 2 is 1.88 bits per heavy atom. The van der Waals surface area contributed by atoms with Crippen LogP contribution in [0.2, 0.25) is 0 Å². The molecule has 84 valence electrons. The summed E-state index contributed by atoms with van der Waals surface area (Å²) in [5.74, 6) is -1.46. The molecule has 0 N–H and O–H groups in total. The molecule has 1 rings (SSSR count). The number of hydrogen-bond donors (Lipinski definition) is 0. The molecule has 0 aliphatic carbocycles. The van der Waals surface area contributed by atoms with E-state index in [9.17, 15) is 25.0 Å². The number of ether oxygens (including phenoxy) is 1. The number of nitrogens with zero attached hydrogens (tertiary/aromatic N) is 2. The number of nitro groups is 2. The molecular weight excluding hydrogens is 220 g/mol. The zero-order valence-electron chi connectivity index (χ0n) is 7.86. The predicted octanol–water partition coefficient (Wildman–Crippen LogP) is 0.777. The van der Waals surface area contributed by atoms with Gasteiger partial charge in [-0.15, -0.1) is 0 Å². The Kier molecular flexibility index (Phi) is 3.49. The van der Waals surface area contributed by atoms with Crippen molar-refractivity contribution in [1.82, 2.24) is 0 Å². The van der Waals surface area contributed by atoms with Crippen LogP contribution in [0.1, 0.15) is 0 Å². The summed E-state index contributed by atoms with van der Waals surface area (Å²) in [6.45, 7) is -1.04. The molecular formula is C8H6N2O6. The quantitative estimate of drug-likeness (QED) is 0.324. The third kappa shape index (κ3) is 3.01. The molecule has 0 atom stereocenters. The summed E-state index contributed by atoms with van der Waals surface area (Å²) in [5.41, 5.74) is -0.417. The molecule has 0 unspecified atom stereocenters. The molecule has 8 heteroatoms. The normalized spacial score (nSPS) is 9.50. The number of rotatable bonds is 4. The molecule has 0 saturated heterocycles. The van der Waals surface area contributed by atoms with Crippen molar-refractivity contribution in [3.8, 4) is 5.75 Å². The van der Waals surface area contributed by atoms with Gasteiger partial charge < -0.3 is 4.74 Å². The van der Waals surface area contributed by atoms with Crippen LogP contribution in [0.25, 0.3) is 0 Å². The SMILES string of the molecule is O=C(C[N+](=O)[O-])Oc1ccccc1[N+](=O)[O-]. The van der Waals surface area contributed by atoms with Gasteiger partial charge in [0.2, 0.25) is 5.75 Å². The van der Waals surface area contributed by atoms with E-state index in [4.69, 9.17) is 0 Å². The number of carbonyl (C=O) groups excluding carboxylic acids is 1. The van der Waals surface area contributed by atoms with Gasteiger partial charge in [-0.05, 0) is 6.07 Å². The highest BCUT2D eigenvalue weighted by Gasteiger charge is 2.19. The fourth-order valence-corrected chi connectivity index (χ4v) is 0.955. The van der Waals surface area contributed by atoms with Crippen molar-refractivity contribution in [2.45, 2.75) is 0 Å². The van der Waals surface area contributed by atoms with Gasteiger partial charge in [0.15, 0.2) is 0 Å². The lowest BCUT2D eigenvalue weighted by molar-refractivity contribution is -0.469. The van der Waals surface area contributed by atoms with Crippen LogP contribution in [-0.4, -0.2) is 22.4 Å². The van der Waals surface area contributed by atoms with E-state index in [0.717, 1.165) is 6.07 Å². The monoisotopic (exact) mass is 226 g/mol. The van der Waals surface area contributed by atoms with Crippen molar-refractivity contribution in [3.05, 3.63) is 44.5 Å². The lowest BCUT2D eigenvalue weighted by Gasteiger charge is -2.01. The van der Waals surface area contributed by atoms with Crippen LogP contribution in [0.3, 0.4) is 0 Å². The van der Waals surface area contributed by atoms with Crippen molar-refractivity contribution in [2.75, 3.05) is 6.54 Å². The largest absolute Gasteiger partial charge is 0.414 e. The summed E-state index contributed by atoms with van der Waals surface area (Å²) in [6.07, 6.45) is 0. The van der Waals surface area contributed by atoms with Gasteiger partial charge in [-0.1, -0.05) is 12.1 Å². The first-order valence-electron chi connectivity index (χ1n) is 4.06. The van der Waals surface area contributed by atoms with Gasteiger partial charge in [-0.2, -0.15) is 0 Å². The first-order valence-corrected chi connectivity index (χ1v) is 4.06. The molecule has 0 heterocycles. The van der Waals surface area contributed by atoms with Crippen LogP contribution in [-0.2, 0) is 4.79 Å². The number of esters is 1. The Balaban J connectivity index is 2.84. The summed E-state index contributed by atoms with van der Waals surface area (Å²) in [5, 5.41) is 20.5. The zero-order valence-corrected chi connectivity index (χ0v) is 7.86. The molecule has 0 aromatic heterocycles. The molecule has 0 saturated carbocycles. The highest BCUT2D eigenvalue weighted by molar-refractivity contribution is 5.74. The summed E-state index contributed by atoms with van der Waals surface area (Å²) < 4.78 is 4.50. The molecule has 0 spiro atoms. The predicted molar refractivity (Wildman–Crippen MR) is 50.6 cm³/mol. The van der Waals surface area contributed by atoms with Gasteiger partial charge in [-0.3, -0.25) is 20.2 Å². The van der Waals surface area contributed by atoms with E-state index in [0.29, 0.717) is 0 Å². The number of nitro benzene ring substituents is 1. The summed E-state index contributed by atoms with van der Waals surface area (Å²) in [4.78, 5) is 29.8.